The van der Waals surface area contributed by atoms with E-state index in [1.807, 2.05) is 25.1 Å². The molecule has 3 atom stereocenters. The van der Waals surface area contributed by atoms with Crippen LogP contribution in [-0.2, 0) is 14.9 Å². The van der Waals surface area contributed by atoms with E-state index in [1.54, 1.807) is 0 Å². The summed E-state index contributed by atoms with van der Waals surface area (Å²) in [6.07, 6.45) is 4.77. The Morgan fingerprint density at radius 1 is 1.32 bits per heavy atom. The molecule has 1 aromatic rings. The smallest absolute Gasteiger partial charge is 0.233 e. The van der Waals surface area contributed by atoms with Gasteiger partial charge in [-0.2, -0.15) is 0 Å². The molecule has 1 aromatic carbocycles. The summed E-state index contributed by atoms with van der Waals surface area (Å²) in [6.45, 7) is 8.54. The third-order valence-corrected chi connectivity index (χ3v) is 6.03. The van der Waals surface area contributed by atoms with E-state index in [9.17, 15) is 4.79 Å². The van der Waals surface area contributed by atoms with Gasteiger partial charge in [0.05, 0.1) is 12.0 Å². The molecule has 1 N–H and O–H groups in total. The van der Waals surface area contributed by atoms with Gasteiger partial charge in [-0.15, -0.1) is 0 Å². The largest absolute Gasteiger partial charge is 0.478 e. The molecule has 2 aliphatic rings. The molecule has 4 nitrogen and oxygen atoms in total. The van der Waals surface area contributed by atoms with E-state index in [-0.39, 0.29) is 11.3 Å². The summed E-state index contributed by atoms with van der Waals surface area (Å²) >= 11 is 0. The summed E-state index contributed by atoms with van der Waals surface area (Å²) in [5.41, 5.74) is 1.47. The molecule has 25 heavy (non-hydrogen) atoms. The van der Waals surface area contributed by atoms with Crippen LogP contribution in [0.4, 0.5) is 0 Å². The van der Waals surface area contributed by atoms with Gasteiger partial charge >= 0.3 is 0 Å². The van der Waals surface area contributed by atoms with Crippen LogP contribution in [0.3, 0.4) is 0 Å². The van der Waals surface area contributed by atoms with Crippen LogP contribution < -0.4 is 0 Å². The van der Waals surface area contributed by atoms with Crippen LogP contribution in [0.25, 0.3) is 0 Å². The fraction of sp³-hybridized carbons (Fsp3) is 0.619. The maximum Gasteiger partial charge on any atom is 0.233 e. The standard InChI is InChI=1S/C21H30N2O2/c1-4-6-7-8-12-23-14-18-15(3)21(18,20(23)24)17-11-9-10-16(13-17)19(22)25-5-2/h9-11,13,15,18,22H,4-8,12,14H2,1-3H3. The molecule has 1 aliphatic carbocycles. The molecular weight excluding hydrogens is 312 g/mol. The van der Waals surface area contributed by atoms with Crippen molar-refractivity contribution in [2.45, 2.75) is 51.9 Å². The number of rotatable bonds is 8. The van der Waals surface area contributed by atoms with E-state index in [4.69, 9.17) is 10.1 Å². The van der Waals surface area contributed by atoms with Gasteiger partial charge in [-0.05, 0) is 42.9 Å². The number of piperidine rings is 1. The van der Waals surface area contributed by atoms with Crippen molar-refractivity contribution in [1.29, 1.82) is 5.41 Å². The molecule has 1 amide bonds. The molecule has 1 saturated heterocycles. The Kier molecular flexibility index (Phi) is 5.16. The van der Waals surface area contributed by atoms with E-state index in [0.717, 1.165) is 30.6 Å². The van der Waals surface area contributed by atoms with Gasteiger partial charge in [0.25, 0.3) is 0 Å². The molecule has 1 saturated carbocycles. The van der Waals surface area contributed by atoms with Crippen molar-refractivity contribution in [2.75, 3.05) is 19.7 Å². The summed E-state index contributed by atoms with van der Waals surface area (Å²) in [7, 11) is 0. The molecule has 3 rings (SSSR count). The number of hydrogen-bond donors (Lipinski definition) is 1. The first-order chi connectivity index (χ1) is 12.1. The molecule has 136 valence electrons. The van der Waals surface area contributed by atoms with Gasteiger partial charge in [0.1, 0.15) is 0 Å². The molecular formula is C21H30N2O2. The zero-order valence-corrected chi connectivity index (χ0v) is 15.7. The first-order valence-electron chi connectivity index (χ1n) is 9.68. The van der Waals surface area contributed by atoms with Gasteiger partial charge in [0.15, 0.2) is 0 Å². The van der Waals surface area contributed by atoms with Crippen LogP contribution in [0.2, 0.25) is 0 Å². The predicted molar refractivity (Wildman–Crippen MR) is 100.0 cm³/mol. The minimum Gasteiger partial charge on any atom is -0.478 e. The second kappa shape index (κ2) is 7.19. The number of unbranched alkanes of at least 4 members (excludes halogenated alkanes) is 3. The second-order valence-corrected chi connectivity index (χ2v) is 7.42. The van der Waals surface area contributed by atoms with Gasteiger partial charge < -0.3 is 9.64 Å². The molecule has 1 heterocycles. The summed E-state index contributed by atoms with van der Waals surface area (Å²) < 4.78 is 5.33. The number of nitrogens with zero attached hydrogens (tertiary/aromatic N) is 1. The van der Waals surface area contributed by atoms with Crippen molar-refractivity contribution in [3.8, 4) is 0 Å². The van der Waals surface area contributed by atoms with Crippen molar-refractivity contribution in [2.24, 2.45) is 11.8 Å². The number of amides is 1. The number of hydrogen-bond acceptors (Lipinski definition) is 3. The average molecular weight is 342 g/mol. The van der Waals surface area contributed by atoms with Crippen LogP contribution in [0, 0.1) is 17.2 Å². The van der Waals surface area contributed by atoms with Gasteiger partial charge in [-0.25, -0.2) is 0 Å². The SMILES string of the molecule is CCCCCCN1CC2C(C)C2(c2cccc(C(=N)OCC)c2)C1=O. The fourth-order valence-electron chi connectivity index (χ4n) is 4.56. The monoisotopic (exact) mass is 342 g/mol. The molecule has 4 heteroatoms. The van der Waals surface area contributed by atoms with E-state index in [0.29, 0.717) is 24.3 Å². The summed E-state index contributed by atoms with van der Waals surface area (Å²) in [5, 5.41) is 8.03. The number of fused-ring (bicyclic) bond motifs is 1. The minimum atomic E-state index is -0.354. The van der Waals surface area contributed by atoms with Gasteiger partial charge in [-0.1, -0.05) is 45.2 Å². The Morgan fingerprint density at radius 3 is 2.84 bits per heavy atom. The quantitative estimate of drug-likeness (QED) is 0.441. The highest BCUT2D eigenvalue weighted by molar-refractivity contribution is 5.97. The number of ether oxygens (including phenoxy) is 1. The van der Waals surface area contributed by atoms with Crippen LogP contribution in [-0.4, -0.2) is 36.4 Å². The van der Waals surface area contributed by atoms with E-state index >= 15 is 0 Å². The van der Waals surface area contributed by atoms with Crippen molar-refractivity contribution in [1.82, 2.24) is 4.90 Å². The van der Waals surface area contributed by atoms with E-state index < -0.39 is 0 Å². The zero-order valence-electron chi connectivity index (χ0n) is 15.7. The van der Waals surface area contributed by atoms with Crippen molar-refractivity contribution in [3.63, 3.8) is 0 Å². The van der Waals surface area contributed by atoms with Gasteiger partial charge in [0, 0.05) is 18.7 Å². The summed E-state index contributed by atoms with van der Waals surface area (Å²) in [5.74, 6) is 1.29. The van der Waals surface area contributed by atoms with Gasteiger partial charge in [0.2, 0.25) is 11.8 Å². The highest BCUT2D eigenvalue weighted by Gasteiger charge is 2.73. The number of benzene rings is 1. The molecule has 0 bridgehead atoms. The van der Waals surface area contributed by atoms with Crippen molar-refractivity contribution >= 4 is 11.8 Å². The molecule has 1 aliphatic heterocycles. The molecule has 3 unspecified atom stereocenters. The number of nitrogens with one attached hydrogen (secondary N) is 1. The van der Waals surface area contributed by atoms with E-state index in [1.165, 1.54) is 19.3 Å². The lowest BCUT2D eigenvalue weighted by molar-refractivity contribution is -0.131. The number of carbonyl (C=O) groups is 1. The highest BCUT2D eigenvalue weighted by atomic mass is 16.5. The minimum absolute atomic E-state index is 0.187. The van der Waals surface area contributed by atoms with Crippen molar-refractivity contribution in [3.05, 3.63) is 35.4 Å². The number of likely N-dealkylation sites (tertiary alicyclic amines) is 1. The van der Waals surface area contributed by atoms with Crippen LogP contribution in [0.15, 0.2) is 24.3 Å². The molecule has 0 aromatic heterocycles. The summed E-state index contributed by atoms with van der Waals surface area (Å²) in [6, 6.07) is 7.89. The second-order valence-electron chi connectivity index (χ2n) is 7.42. The third-order valence-electron chi connectivity index (χ3n) is 6.03. The third kappa shape index (κ3) is 2.96. The first kappa shape index (κ1) is 18.0. The Hall–Kier alpha value is -1.84. The zero-order chi connectivity index (χ0) is 18.0. The maximum atomic E-state index is 13.2. The Bertz CT molecular complexity index is 657. The lowest BCUT2D eigenvalue weighted by Gasteiger charge is -2.23. The normalized spacial score (nSPS) is 27.3. The Balaban J connectivity index is 1.76. The van der Waals surface area contributed by atoms with Crippen molar-refractivity contribution < 1.29 is 9.53 Å². The first-order valence-corrected chi connectivity index (χ1v) is 9.68. The molecule has 2 fully saturated rings. The molecule has 0 spiro atoms. The van der Waals surface area contributed by atoms with Gasteiger partial charge in [-0.3, -0.25) is 10.2 Å². The average Bonchev–Trinajstić information content (AvgIpc) is 3.08. The van der Waals surface area contributed by atoms with Crippen LogP contribution in [0.1, 0.15) is 57.6 Å². The predicted octanol–water partition coefficient (Wildman–Crippen LogP) is 3.97. The van der Waals surface area contributed by atoms with Crippen LogP contribution in [0.5, 0.6) is 0 Å². The summed E-state index contributed by atoms with van der Waals surface area (Å²) in [4.78, 5) is 15.3. The van der Waals surface area contributed by atoms with E-state index in [2.05, 4.69) is 24.8 Å². The van der Waals surface area contributed by atoms with Crippen LogP contribution >= 0.6 is 0 Å². The highest BCUT2D eigenvalue weighted by Crippen LogP contribution is 2.64. The fourth-order valence-corrected chi connectivity index (χ4v) is 4.56. The maximum absolute atomic E-state index is 13.2. The molecule has 0 radical (unpaired) electrons. The topological polar surface area (TPSA) is 53.4 Å². The lowest BCUT2D eigenvalue weighted by Crippen LogP contribution is -2.36. The number of carbonyl (C=O) groups excluding carboxylic acids is 1. The Labute approximate surface area is 151 Å². The lowest BCUT2D eigenvalue weighted by atomic mass is 9.90. The Morgan fingerprint density at radius 2 is 2.12 bits per heavy atom.